The first-order chi connectivity index (χ1) is 21.8. The zero-order chi connectivity index (χ0) is 29.2. The molecule has 204 valence electrons. The molecule has 1 aliphatic carbocycles. The van der Waals surface area contributed by atoms with Crippen molar-refractivity contribution in [2.45, 2.75) is 6.42 Å². The second kappa shape index (κ2) is 9.49. The number of nitriles is 1. The van der Waals surface area contributed by atoms with Crippen molar-refractivity contribution < 1.29 is 0 Å². The predicted octanol–water partition coefficient (Wildman–Crippen LogP) is 9.50. The van der Waals surface area contributed by atoms with Crippen LogP contribution in [0, 0.1) is 11.3 Å². The van der Waals surface area contributed by atoms with E-state index in [1.807, 2.05) is 42.5 Å². The Morgan fingerprint density at radius 2 is 1.41 bits per heavy atom. The summed E-state index contributed by atoms with van der Waals surface area (Å²) in [5.41, 5.74) is 13.2. The highest BCUT2D eigenvalue weighted by molar-refractivity contribution is 6.12. The maximum atomic E-state index is 9.32. The number of aromatic nitrogens is 3. The molecule has 8 aromatic rings. The summed E-state index contributed by atoms with van der Waals surface area (Å²) in [6, 6.07) is 48.5. The summed E-state index contributed by atoms with van der Waals surface area (Å²) in [6.45, 7) is 0. The van der Waals surface area contributed by atoms with Gasteiger partial charge in [0.05, 0.1) is 33.9 Å². The first-order valence-electron chi connectivity index (χ1n) is 14.8. The second-order valence-electron chi connectivity index (χ2n) is 11.3. The van der Waals surface area contributed by atoms with E-state index in [1.165, 1.54) is 44.1 Å². The van der Waals surface area contributed by atoms with Crippen LogP contribution in [0.2, 0.25) is 0 Å². The molecule has 2 aromatic heterocycles. The minimum absolute atomic E-state index is 0.626. The lowest BCUT2D eigenvalue weighted by Gasteiger charge is -2.13. The molecule has 44 heavy (non-hydrogen) atoms. The SMILES string of the molecule is N#Cc1ccc(-c2nc(-c3cccc(-n4c5ccccc5c5ccc6c(c54)Cc4ccccc4-6)c3)nc3ccccc23)cc1. The smallest absolute Gasteiger partial charge is 0.160 e. The molecule has 6 aromatic carbocycles. The van der Waals surface area contributed by atoms with Crippen LogP contribution in [0.1, 0.15) is 16.7 Å². The monoisotopic (exact) mass is 560 g/mol. The summed E-state index contributed by atoms with van der Waals surface area (Å²) in [5, 5.41) is 12.8. The van der Waals surface area contributed by atoms with Crippen LogP contribution in [0.5, 0.6) is 0 Å². The van der Waals surface area contributed by atoms with Gasteiger partial charge in [-0.15, -0.1) is 0 Å². The fourth-order valence-corrected chi connectivity index (χ4v) is 6.87. The molecule has 0 bridgehead atoms. The van der Waals surface area contributed by atoms with E-state index in [2.05, 4.69) is 102 Å². The van der Waals surface area contributed by atoms with Crippen molar-refractivity contribution in [3.63, 3.8) is 0 Å². The van der Waals surface area contributed by atoms with Crippen LogP contribution in [0.4, 0.5) is 0 Å². The van der Waals surface area contributed by atoms with E-state index in [0.717, 1.165) is 39.8 Å². The van der Waals surface area contributed by atoms with Gasteiger partial charge in [0.1, 0.15) is 0 Å². The lowest BCUT2D eigenvalue weighted by Crippen LogP contribution is -1.99. The van der Waals surface area contributed by atoms with Gasteiger partial charge in [0.15, 0.2) is 5.82 Å². The van der Waals surface area contributed by atoms with Crippen molar-refractivity contribution in [3.05, 3.63) is 150 Å². The molecule has 0 saturated heterocycles. The third-order valence-electron chi connectivity index (χ3n) is 8.87. The predicted molar refractivity (Wildman–Crippen MR) is 178 cm³/mol. The highest BCUT2D eigenvalue weighted by atomic mass is 15.0. The summed E-state index contributed by atoms with van der Waals surface area (Å²) in [4.78, 5) is 10.2. The van der Waals surface area contributed by atoms with E-state index in [1.54, 1.807) is 0 Å². The summed E-state index contributed by atoms with van der Waals surface area (Å²) < 4.78 is 2.42. The molecule has 0 saturated carbocycles. The largest absolute Gasteiger partial charge is 0.309 e. The van der Waals surface area contributed by atoms with Gasteiger partial charge in [-0.05, 0) is 58.7 Å². The van der Waals surface area contributed by atoms with Gasteiger partial charge in [-0.2, -0.15) is 5.26 Å². The van der Waals surface area contributed by atoms with Crippen molar-refractivity contribution >= 4 is 32.7 Å². The van der Waals surface area contributed by atoms with E-state index in [-0.39, 0.29) is 0 Å². The van der Waals surface area contributed by atoms with Crippen LogP contribution in [0.3, 0.4) is 0 Å². The number of hydrogen-bond donors (Lipinski definition) is 0. The van der Waals surface area contributed by atoms with Gasteiger partial charge in [0, 0.05) is 39.4 Å². The Hall–Kier alpha value is -6.05. The molecular formula is C40H24N4. The Labute approximate surface area is 254 Å². The number of nitrogens with zero attached hydrogens (tertiary/aromatic N) is 4. The van der Waals surface area contributed by atoms with Gasteiger partial charge in [0.25, 0.3) is 0 Å². The topological polar surface area (TPSA) is 54.5 Å². The number of fused-ring (bicyclic) bond motifs is 8. The van der Waals surface area contributed by atoms with E-state index < -0.39 is 0 Å². The first-order valence-corrected chi connectivity index (χ1v) is 14.8. The fourth-order valence-electron chi connectivity index (χ4n) is 6.87. The molecule has 1 aliphatic rings. The molecule has 0 spiro atoms. The minimum Gasteiger partial charge on any atom is -0.309 e. The van der Waals surface area contributed by atoms with Gasteiger partial charge >= 0.3 is 0 Å². The maximum absolute atomic E-state index is 9.32. The van der Waals surface area contributed by atoms with Gasteiger partial charge in [-0.3, -0.25) is 0 Å². The Morgan fingerprint density at radius 3 is 2.30 bits per heavy atom. The number of para-hydroxylation sites is 2. The highest BCUT2D eigenvalue weighted by Gasteiger charge is 2.24. The van der Waals surface area contributed by atoms with Gasteiger partial charge in [0.2, 0.25) is 0 Å². The Balaban J connectivity index is 1.27. The lowest BCUT2D eigenvalue weighted by atomic mass is 10.0. The van der Waals surface area contributed by atoms with Gasteiger partial charge < -0.3 is 4.57 Å². The van der Waals surface area contributed by atoms with E-state index >= 15 is 0 Å². The van der Waals surface area contributed by atoms with Crippen LogP contribution >= 0.6 is 0 Å². The molecule has 9 rings (SSSR count). The summed E-state index contributed by atoms with van der Waals surface area (Å²) in [5.74, 6) is 0.670. The average Bonchev–Trinajstić information content (AvgIpc) is 3.64. The highest BCUT2D eigenvalue weighted by Crippen LogP contribution is 2.44. The normalized spacial score (nSPS) is 12.0. The number of rotatable bonds is 3. The van der Waals surface area contributed by atoms with Crippen molar-refractivity contribution in [2.24, 2.45) is 0 Å². The Bertz CT molecular complexity index is 2480. The first kappa shape index (κ1) is 24.5. The van der Waals surface area contributed by atoms with Crippen LogP contribution in [-0.2, 0) is 6.42 Å². The van der Waals surface area contributed by atoms with Crippen LogP contribution in [0.15, 0.2) is 133 Å². The number of benzene rings is 6. The Morgan fingerprint density at radius 1 is 0.614 bits per heavy atom. The zero-order valence-electron chi connectivity index (χ0n) is 23.7. The second-order valence-corrected chi connectivity index (χ2v) is 11.3. The molecule has 4 nitrogen and oxygen atoms in total. The lowest BCUT2D eigenvalue weighted by molar-refractivity contribution is 1.15. The third-order valence-corrected chi connectivity index (χ3v) is 8.87. The quantitative estimate of drug-likeness (QED) is 0.216. The molecule has 0 radical (unpaired) electrons. The molecule has 0 unspecified atom stereocenters. The molecule has 2 heterocycles. The van der Waals surface area contributed by atoms with Crippen molar-refractivity contribution in [1.82, 2.24) is 14.5 Å². The van der Waals surface area contributed by atoms with Crippen molar-refractivity contribution in [3.8, 4) is 45.5 Å². The van der Waals surface area contributed by atoms with E-state index in [9.17, 15) is 5.26 Å². The molecule has 0 fully saturated rings. The van der Waals surface area contributed by atoms with Gasteiger partial charge in [-0.1, -0.05) is 97.1 Å². The summed E-state index contributed by atoms with van der Waals surface area (Å²) in [6.07, 6.45) is 0.917. The molecule has 0 atom stereocenters. The van der Waals surface area contributed by atoms with Crippen LogP contribution < -0.4 is 0 Å². The summed E-state index contributed by atoms with van der Waals surface area (Å²) in [7, 11) is 0. The van der Waals surface area contributed by atoms with Crippen LogP contribution in [0.25, 0.3) is 72.2 Å². The van der Waals surface area contributed by atoms with E-state index in [0.29, 0.717) is 11.4 Å². The Kier molecular flexibility index (Phi) is 5.29. The molecular weight excluding hydrogens is 536 g/mol. The molecule has 0 aliphatic heterocycles. The van der Waals surface area contributed by atoms with Crippen LogP contribution in [-0.4, -0.2) is 14.5 Å². The maximum Gasteiger partial charge on any atom is 0.160 e. The fraction of sp³-hybridized carbons (Fsp3) is 0.0250. The minimum atomic E-state index is 0.626. The van der Waals surface area contributed by atoms with E-state index in [4.69, 9.17) is 9.97 Å². The van der Waals surface area contributed by atoms with Crippen molar-refractivity contribution in [1.29, 1.82) is 5.26 Å². The van der Waals surface area contributed by atoms with Gasteiger partial charge in [-0.25, -0.2) is 9.97 Å². The molecule has 0 amide bonds. The van der Waals surface area contributed by atoms with Crippen molar-refractivity contribution in [2.75, 3.05) is 0 Å². The molecule has 0 N–H and O–H groups in total. The molecule has 4 heteroatoms. The zero-order valence-corrected chi connectivity index (χ0v) is 23.7. The average molecular weight is 561 g/mol. The number of hydrogen-bond acceptors (Lipinski definition) is 3. The third kappa shape index (κ3) is 3.63. The standard InChI is InChI=1S/C40H24N4/c41-24-25-16-18-26(19-17-25)38-34-13-3-5-14-36(34)42-40(43-38)28-9-7-10-29(22-28)44-37-15-6-4-12-32(37)33-21-20-31-30-11-2-1-8-27(30)23-35(31)39(33)44/h1-22H,23H2. The summed E-state index contributed by atoms with van der Waals surface area (Å²) >= 11 is 0.